The van der Waals surface area contributed by atoms with Gasteiger partial charge in [0.25, 0.3) is 5.56 Å². The fourth-order valence-corrected chi connectivity index (χ4v) is 3.68. The summed E-state index contributed by atoms with van der Waals surface area (Å²) in [6, 6.07) is 5.05. The summed E-state index contributed by atoms with van der Waals surface area (Å²) in [5.74, 6) is 0.887. The molecular weight excluding hydrogens is 388 g/mol. The number of thiophene rings is 1. The van der Waals surface area contributed by atoms with Crippen molar-refractivity contribution in [1.82, 2.24) is 9.97 Å². The number of H-pyrrole nitrogens is 1. The molecule has 1 amide bonds. The maximum absolute atomic E-state index is 12.3. The fraction of sp³-hybridized carbons (Fsp3) is 0.278. The summed E-state index contributed by atoms with van der Waals surface area (Å²) in [6.07, 6.45) is 0.505. The Kier molecular flexibility index (Phi) is 6.45. The molecule has 0 spiro atoms. The van der Waals surface area contributed by atoms with Crippen molar-refractivity contribution in [3.63, 3.8) is 0 Å². The molecule has 0 atom stereocenters. The van der Waals surface area contributed by atoms with Crippen molar-refractivity contribution in [2.75, 3.05) is 18.2 Å². The van der Waals surface area contributed by atoms with Crippen LogP contribution in [0.5, 0.6) is 5.75 Å². The number of amides is 1. The molecule has 0 aliphatic rings. The summed E-state index contributed by atoms with van der Waals surface area (Å²) < 4.78 is 5.13. The monoisotopic (exact) mass is 408 g/mol. The second-order valence-electron chi connectivity index (χ2n) is 5.98. The number of fused-ring (bicyclic) bond motifs is 1. The molecule has 3 aromatic rings. The predicted molar refractivity (Wildman–Crippen MR) is 111 cm³/mol. The predicted octanol–water partition coefficient (Wildman–Crippen LogP) is 3.19. The minimum Gasteiger partial charge on any atom is -0.497 e. The molecule has 0 saturated heterocycles. The summed E-state index contributed by atoms with van der Waals surface area (Å²) in [7, 11) is 1.54. The molecule has 2 aromatic heterocycles. The molecule has 2 heterocycles. The maximum Gasteiger partial charge on any atom is 0.259 e. The minimum atomic E-state index is -0.216. The topological polar surface area (TPSA) is 110 Å². The van der Waals surface area contributed by atoms with E-state index in [1.807, 2.05) is 13.8 Å². The minimum absolute atomic E-state index is 0. The Morgan fingerprint density at radius 1 is 1.37 bits per heavy atom. The van der Waals surface area contributed by atoms with Gasteiger partial charge >= 0.3 is 0 Å². The van der Waals surface area contributed by atoms with E-state index in [1.165, 1.54) is 11.3 Å². The molecule has 9 heteroatoms. The highest BCUT2D eigenvalue weighted by Crippen LogP contribution is 2.26. The van der Waals surface area contributed by atoms with Gasteiger partial charge in [0.1, 0.15) is 16.4 Å². The average Bonchev–Trinajstić information content (AvgIpc) is 2.89. The normalized spacial score (nSPS) is 10.5. The van der Waals surface area contributed by atoms with Crippen LogP contribution in [0.1, 0.15) is 22.7 Å². The first-order valence-electron chi connectivity index (χ1n) is 8.11. The number of anilines is 2. The van der Waals surface area contributed by atoms with Gasteiger partial charge in [-0.3, -0.25) is 9.59 Å². The van der Waals surface area contributed by atoms with Gasteiger partial charge in [-0.25, -0.2) is 4.98 Å². The first-order chi connectivity index (χ1) is 12.4. The molecule has 144 valence electrons. The van der Waals surface area contributed by atoms with E-state index in [1.54, 1.807) is 25.3 Å². The molecule has 1 aromatic carbocycles. The van der Waals surface area contributed by atoms with E-state index >= 15 is 0 Å². The Morgan fingerprint density at radius 2 is 2.11 bits per heavy atom. The Bertz CT molecular complexity index is 1040. The summed E-state index contributed by atoms with van der Waals surface area (Å²) in [5.41, 5.74) is 7.61. The molecule has 27 heavy (non-hydrogen) atoms. The van der Waals surface area contributed by atoms with Crippen LogP contribution in [0, 0.1) is 13.8 Å². The number of benzene rings is 1. The lowest BCUT2D eigenvalue weighted by molar-refractivity contribution is -0.116. The molecule has 0 aliphatic carbocycles. The van der Waals surface area contributed by atoms with Crippen molar-refractivity contribution in [3.05, 3.63) is 44.8 Å². The summed E-state index contributed by atoms with van der Waals surface area (Å²) >= 11 is 1.49. The molecule has 0 radical (unpaired) electrons. The van der Waals surface area contributed by atoms with Crippen molar-refractivity contribution in [2.24, 2.45) is 0 Å². The van der Waals surface area contributed by atoms with E-state index in [4.69, 9.17) is 10.5 Å². The molecule has 0 bridgehead atoms. The highest BCUT2D eigenvalue weighted by atomic mass is 35.5. The summed E-state index contributed by atoms with van der Waals surface area (Å²) in [6.45, 7) is 3.88. The number of carbonyl (C=O) groups excluding carboxylic acids is 1. The Balaban J connectivity index is 0.00000261. The fourth-order valence-electron chi connectivity index (χ4n) is 2.63. The zero-order valence-corrected chi connectivity index (χ0v) is 16.8. The SMILES string of the molecule is COc1ccc(N)c(NC(=O)CCc2nc3sc(C)c(C)c3c(=O)[nH]2)c1.Cl. The Labute approximate surface area is 166 Å². The van der Waals surface area contributed by atoms with Crippen molar-refractivity contribution in [3.8, 4) is 5.75 Å². The van der Waals surface area contributed by atoms with Crippen LogP contribution in [0.25, 0.3) is 10.2 Å². The zero-order chi connectivity index (χ0) is 18.8. The van der Waals surface area contributed by atoms with Gasteiger partial charge in [0.05, 0.1) is 23.9 Å². The van der Waals surface area contributed by atoms with Gasteiger partial charge in [0.15, 0.2) is 0 Å². The smallest absolute Gasteiger partial charge is 0.259 e. The van der Waals surface area contributed by atoms with Crippen LogP contribution < -0.4 is 21.3 Å². The molecule has 0 aliphatic heterocycles. The van der Waals surface area contributed by atoms with Gasteiger partial charge in [-0.1, -0.05) is 0 Å². The number of nitrogens with two attached hydrogens (primary N) is 1. The van der Waals surface area contributed by atoms with Crippen LogP contribution in [0.2, 0.25) is 0 Å². The van der Waals surface area contributed by atoms with Gasteiger partial charge in [0.2, 0.25) is 5.91 Å². The van der Waals surface area contributed by atoms with Gasteiger partial charge in [-0.05, 0) is 31.5 Å². The van der Waals surface area contributed by atoms with Crippen LogP contribution in [0.15, 0.2) is 23.0 Å². The molecule has 0 saturated carbocycles. The third-order valence-electron chi connectivity index (χ3n) is 4.21. The van der Waals surface area contributed by atoms with Crippen molar-refractivity contribution in [2.45, 2.75) is 26.7 Å². The maximum atomic E-state index is 12.3. The number of methoxy groups -OCH3 is 1. The number of rotatable bonds is 5. The first kappa shape index (κ1) is 20.7. The average molecular weight is 409 g/mol. The number of carbonyl (C=O) groups is 1. The van der Waals surface area contributed by atoms with Gasteiger partial charge < -0.3 is 20.8 Å². The molecule has 0 fully saturated rings. The number of nitrogen functional groups attached to an aromatic ring is 1. The number of halogens is 1. The highest BCUT2D eigenvalue weighted by Gasteiger charge is 2.13. The third kappa shape index (κ3) is 4.40. The van der Waals surface area contributed by atoms with Gasteiger partial charge in [0, 0.05) is 23.8 Å². The first-order valence-corrected chi connectivity index (χ1v) is 8.93. The largest absolute Gasteiger partial charge is 0.497 e. The molecular formula is C18H21ClN4O3S. The van der Waals surface area contributed by atoms with Crippen molar-refractivity contribution >= 4 is 51.2 Å². The lowest BCUT2D eigenvalue weighted by atomic mass is 10.2. The van der Waals surface area contributed by atoms with Gasteiger partial charge in [-0.2, -0.15) is 0 Å². The van der Waals surface area contributed by atoms with E-state index in [-0.39, 0.29) is 30.3 Å². The number of nitrogens with zero attached hydrogens (tertiary/aromatic N) is 1. The molecule has 4 N–H and O–H groups in total. The highest BCUT2D eigenvalue weighted by molar-refractivity contribution is 7.18. The summed E-state index contributed by atoms with van der Waals surface area (Å²) in [4.78, 5) is 33.5. The zero-order valence-electron chi connectivity index (χ0n) is 15.2. The number of hydrogen-bond donors (Lipinski definition) is 3. The van der Waals surface area contributed by atoms with Crippen LogP contribution in [0.4, 0.5) is 11.4 Å². The van der Waals surface area contributed by atoms with Crippen molar-refractivity contribution in [1.29, 1.82) is 0 Å². The van der Waals surface area contributed by atoms with E-state index in [9.17, 15) is 9.59 Å². The van der Waals surface area contributed by atoms with Crippen molar-refractivity contribution < 1.29 is 9.53 Å². The Morgan fingerprint density at radius 3 is 2.81 bits per heavy atom. The quantitative estimate of drug-likeness (QED) is 0.561. The van der Waals surface area contributed by atoms with E-state index in [2.05, 4.69) is 15.3 Å². The number of hydrogen-bond acceptors (Lipinski definition) is 6. The number of ether oxygens (including phenoxy) is 1. The number of nitrogens with one attached hydrogen (secondary N) is 2. The second kappa shape index (κ2) is 8.41. The number of aryl methyl sites for hydroxylation is 3. The Hall–Kier alpha value is -2.58. The van der Waals surface area contributed by atoms with Crippen LogP contribution in [-0.2, 0) is 11.2 Å². The third-order valence-corrected chi connectivity index (χ3v) is 5.31. The number of aromatic nitrogens is 2. The lowest BCUT2D eigenvalue weighted by Gasteiger charge is -2.10. The molecule has 3 rings (SSSR count). The van der Waals surface area contributed by atoms with Crippen LogP contribution in [-0.4, -0.2) is 23.0 Å². The summed E-state index contributed by atoms with van der Waals surface area (Å²) in [5, 5.41) is 3.39. The molecule has 7 nitrogen and oxygen atoms in total. The standard InChI is InChI=1S/C18H20N4O3S.ClH/c1-9-10(2)26-18-16(9)17(24)21-14(22-18)6-7-15(23)20-13-8-11(25-3)4-5-12(13)19;/h4-5,8H,6-7,19H2,1-3H3,(H,20,23)(H,21,22,24);1H. The van der Waals surface area contributed by atoms with E-state index < -0.39 is 0 Å². The van der Waals surface area contributed by atoms with Crippen LogP contribution >= 0.6 is 23.7 Å². The van der Waals surface area contributed by atoms with Gasteiger partial charge in [-0.15, -0.1) is 23.7 Å². The lowest BCUT2D eigenvalue weighted by Crippen LogP contribution is -2.16. The second-order valence-corrected chi connectivity index (χ2v) is 7.18. The van der Waals surface area contributed by atoms with Crippen LogP contribution in [0.3, 0.4) is 0 Å². The van der Waals surface area contributed by atoms with E-state index in [0.717, 1.165) is 10.4 Å². The van der Waals surface area contributed by atoms with E-state index in [0.29, 0.717) is 39.6 Å². The molecule has 0 unspecified atom stereocenters. The number of aromatic amines is 1.